The number of unbranched alkanes of at least 4 members (excludes halogenated alkanes) is 1. The summed E-state index contributed by atoms with van der Waals surface area (Å²) in [5.74, 6) is -0.417. The van der Waals surface area contributed by atoms with E-state index in [0.29, 0.717) is 33.9 Å². The molecule has 0 aliphatic rings. The smallest absolute Gasteiger partial charge is 0.416 e. The highest BCUT2D eigenvalue weighted by atomic mass is 35.5. The van der Waals surface area contributed by atoms with Gasteiger partial charge in [0.2, 0.25) is 0 Å². The minimum Gasteiger partial charge on any atom is -0.475 e. The predicted octanol–water partition coefficient (Wildman–Crippen LogP) is 9.06. The summed E-state index contributed by atoms with van der Waals surface area (Å²) in [6.45, 7) is 5.46. The fraction of sp³-hybridized carbons (Fsp3) is 0.357. The van der Waals surface area contributed by atoms with Crippen LogP contribution in [0.3, 0.4) is 0 Å². The Bertz CT molecular complexity index is 1280. The van der Waals surface area contributed by atoms with Gasteiger partial charge in [0.15, 0.2) is 11.4 Å². The van der Waals surface area contributed by atoms with Crippen LogP contribution in [0.5, 0.6) is 5.75 Å². The van der Waals surface area contributed by atoms with Crippen molar-refractivity contribution in [1.29, 1.82) is 0 Å². The van der Waals surface area contributed by atoms with Crippen LogP contribution in [-0.2, 0) is 22.1 Å². The number of Topliss-reactive ketones (excluding diaryl/α,β-unsaturated/α-hetero) is 1. The Balaban J connectivity index is 1.63. The minimum atomic E-state index is -4.40. The second-order valence-electron chi connectivity index (χ2n) is 9.11. The number of aryl methyl sites for hydroxylation is 1. The van der Waals surface area contributed by atoms with Crippen LogP contribution in [0, 0.1) is 0 Å². The van der Waals surface area contributed by atoms with E-state index < -0.39 is 23.3 Å². The molecule has 0 aliphatic carbocycles. The summed E-state index contributed by atoms with van der Waals surface area (Å²) < 4.78 is 49.5. The maximum absolute atomic E-state index is 12.8. The molecule has 2 aromatic carbocycles. The highest BCUT2D eigenvalue weighted by Crippen LogP contribution is 2.38. The molecule has 1 heterocycles. The zero-order chi connectivity index (χ0) is 28.1. The van der Waals surface area contributed by atoms with Crippen LogP contribution in [0.25, 0.3) is 10.4 Å². The maximum Gasteiger partial charge on any atom is 0.416 e. The molecule has 3 aromatic rings. The first-order valence-corrected chi connectivity index (χ1v) is 13.5. The molecule has 0 atom stereocenters. The number of benzene rings is 2. The zero-order valence-electron chi connectivity index (χ0n) is 21.1. The Morgan fingerprint density at radius 1 is 0.947 bits per heavy atom. The number of carbonyl (C=O) groups is 2. The van der Waals surface area contributed by atoms with Gasteiger partial charge in [0.1, 0.15) is 10.8 Å². The first-order valence-electron chi connectivity index (χ1n) is 12.0. The van der Waals surface area contributed by atoms with E-state index in [9.17, 15) is 22.8 Å². The van der Waals surface area contributed by atoms with E-state index in [1.54, 1.807) is 38.1 Å². The lowest BCUT2D eigenvalue weighted by atomic mass is 10.1. The van der Waals surface area contributed by atoms with Crippen LogP contribution in [0.1, 0.15) is 60.8 Å². The Morgan fingerprint density at radius 2 is 1.63 bits per heavy atom. The molecule has 0 radical (unpaired) electrons. The number of alkyl halides is 3. The molecule has 1 aromatic heterocycles. The number of ether oxygens (including phenoxy) is 2. The van der Waals surface area contributed by atoms with Gasteiger partial charge in [0, 0.05) is 11.3 Å². The largest absolute Gasteiger partial charge is 0.475 e. The fourth-order valence-electron chi connectivity index (χ4n) is 3.48. The van der Waals surface area contributed by atoms with Gasteiger partial charge in [0.05, 0.1) is 22.1 Å². The Kier molecular flexibility index (Phi) is 9.90. The van der Waals surface area contributed by atoms with Crippen LogP contribution < -0.4 is 4.74 Å². The van der Waals surface area contributed by atoms with Gasteiger partial charge >= 0.3 is 12.1 Å². The van der Waals surface area contributed by atoms with Gasteiger partial charge in [-0.2, -0.15) is 13.2 Å². The molecule has 0 fully saturated rings. The molecule has 0 amide bonds. The van der Waals surface area contributed by atoms with E-state index in [4.69, 9.17) is 32.7 Å². The number of hydrogen-bond acceptors (Lipinski definition) is 5. The predicted molar refractivity (Wildman–Crippen MR) is 144 cm³/mol. The molecule has 0 saturated heterocycles. The number of hydrogen-bond donors (Lipinski definition) is 0. The van der Waals surface area contributed by atoms with E-state index in [-0.39, 0.29) is 28.0 Å². The van der Waals surface area contributed by atoms with Gasteiger partial charge in [-0.15, -0.1) is 11.3 Å². The van der Waals surface area contributed by atoms with Crippen LogP contribution >= 0.6 is 34.5 Å². The van der Waals surface area contributed by atoms with Crippen molar-refractivity contribution in [3.05, 3.63) is 74.6 Å². The molecule has 4 nitrogen and oxygen atoms in total. The second kappa shape index (κ2) is 12.5. The summed E-state index contributed by atoms with van der Waals surface area (Å²) in [6, 6.07) is 11.5. The molecular weight excluding hydrogens is 560 g/mol. The monoisotopic (exact) mass is 586 g/mol. The normalized spacial score (nSPS) is 11.9. The van der Waals surface area contributed by atoms with Crippen LogP contribution in [-0.4, -0.2) is 24.0 Å². The highest BCUT2D eigenvalue weighted by Gasteiger charge is 2.33. The van der Waals surface area contributed by atoms with Crippen molar-refractivity contribution < 1.29 is 32.2 Å². The number of thiophene rings is 1. The average Bonchev–Trinajstić information content (AvgIpc) is 3.36. The molecule has 0 saturated carbocycles. The third kappa shape index (κ3) is 7.52. The molecular formula is C28H27Cl2F3O4S. The third-order valence-corrected chi connectivity index (χ3v) is 7.79. The summed E-state index contributed by atoms with van der Waals surface area (Å²) in [5, 5.41) is 0.357. The first-order chi connectivity index (χ1) is 17.8. The van der Waals surface area contributed by atoms with E-state index >= 15 is 0 Å². The molecule has 0 spiro atoms. The van der Waals surface area contributed by atoms with E-state index in [1.165, 1.54) is 23.5 Å². The zero-order valence-corrected chi connectivity index (χ0v) is 23.4. The Labute approximate surface area is 233 Å². The van der Waals surface area contributed by atoms with Gasteiger partial charge in [0.25, 0.3) is 0 Å². The Morgan fingerprint density at radius 3 is 2.26 bits per heavy atom. The van der Waals surface area contributed by atoms with Gasteiger partial charge in [-0.05, 0) is 68.1 Å². The summed E-state index contributed by atoms with van der Waals surface area (Å²) in [4.78, 5) is 26.3. The standard InChI is InChI=1S/C28H27Cl2F3O4S/c1-4-5-16-36-26(35)27(2,3)37-21-13-9-18(24(29)25(21)30)8-12-20(34)23-15-14-22(38-23)17-6-10-19(11-7-17)28(31,32)33/h6-7,9-11,13-15H,4-5,8,12,16H2,1-3H3. The number of esters is 1. The highest BCUT2D eigenvalue weighted by molar-refractivity contribution is 7.17. The molecule has 3 rings (SSSR count). The van der Waals surface area contributed by atoms with E-state index in [2.05, 4.69) is 0 Å². The average molecular weight is 587 g/mol. The molecule has 38 heavy (non-hydrogen) atoms. The van der Waals surface area contributed by atoms with Crippen molar-refractivity contribution in [2.45, 2.75) is 58.2 Å². The number of carbonyl (C=O) groups excluding carboxylic acids is 2. The molecule has 0 unspecified atom stereocenters. The SMILES string of the molecule is CCCCOC(=O)C(C)(C)Oc1ccc(CCC(=O)c2ccc(-c3ccc(C(F)(F)F)cc3)s2)c(Cl)c1Cl. The molecule has 0 N–H and O–H groups in total. The van der Waals surface area contributed by atoms with Gasteiger partial charge in [-0.25, -0.2) is 4.79 Å². The van der Waals surface area contributed by atoms with Crippen molar-refractivity contribution >= 4 is 46.3 Å². The topological polar surface area (TPSA) is 52.6 Å². The summed E-state index contributed by atoms with van der Waals surface area (Å²) >= 11 is 14.1. The van der Waals surface area contributed by atoms with Gasteiger partial charge in [-0.1, -0.05) is 54.7 Å². The van der Waals surface area contributed by atoms with Crippen LogP contribution in [0.4, 0.5) is 13.2 Å². The molecule has 204 valence electrons. The summed E-state index contributed by atoms with van der Waals surface area (Å²) in [7, 11) is 0. The maximum atomic E-state index is 12.8. The van der Waals surface area contributed by atoms with Crippen molar-refractivity contribution in [3.63, 3.8) is 0 Å². The van der Waals surface area contributed by atoms with Crippen molar-refractivity contribution in [3.8, 4) is 16.2 Å². The van der Waals surface area contributed by atoms with Crippen LogP contribution in [0.15, 0.2) is 48.5 Å². The number of halogens is 5. The van der Waals surface area contributed by atoms with E-state index in [1.807, 2.05) is 6.92 Å². The lowest BCUT2D eigenvalue weighted by Gasteiger charge is -2.25. The third-order valence-electron chi connectivity index (χ3n) is 5.71. The van der Waals surface area contributed by atoms with Crippen molar-refractivity contribution in [1.82, 2.24) is 0 Å². The molecule has 10 heteroatoms. The van der Waals surface area contributed by atoms with Gasteiger partial charge < -0.3 is 9.47 Å². The van der Waals surface area contributed by atoms with Crippen molar-refractivity contribution in [2.75, 3.05) is 6.61 Å². The first kappa shape index (κ1) is 30.0. The van der Waals surface area contributed by atoms with Crippen molar-refractivity contribution in [2.24, 2.45) is 0 Å². The number of rotatable bonds is 11. The van der Waals surface area contributed by atoms with Crippen LogP contribution in [0.2, 0.25) is 10.0 Å². The molecule has 0 aliphatic heterocycles. The summed E-state index contributed by atoms with van der Waals surface area (Å²) in [5.41, 5.74) is -0.760. The Hall–Kier alpha value is -2.55. The second-order valence-corrected chi connectivity index (χ2v) is 11.0. The fourth-order valence-corrected chi connectivity index (χ4v) is 4.93. The quantitative estimate of drug-likeness (QED) is 0.128. The lowest BCUT2D eigenvalue weighted by molar-refractivity contribution is -0.159. The van der Waals surface area contributed by atoms with E-state index in [0.717, 1.165) is 25.0 Å². The van der Waals surface area contributed by atoms with Gasteiger partial charge in [-0.3, -0.25) is 4.79 Å². The minimum absolute atomic E-state index is 0.128. The molecule has 0 bridgehead atoms. The number of ketones is 1. The summed E-state index contributed by atoms with van der Waals surface area (Å²) in [6.07, 6.45) is -2.29. The lowest BCUT2D eigenvalue weighted by Crippen LogP contribution is -2.40.